The van der Waals surface area contributed by atoms with Crippen molar-refractivity contribution in [2.24, 2.45) is 11.8 Å². The molecular formula is C22H21F3N4. The lowest BCUT2D eigenvalue weighted by molar-refractivity contribution is -0.141. The molecular weight excluding hydrogens is 377 g/mol. The van der Waals surface area contributed by atoms with Crippen molar-refractivity contribution in [2.75, 3.05) is 18.0 Å². The van der Waals surface area contributed by atoms with E-state index in [1.54, 1.807) is 6.07 Å². The van der Waals surface area contributed by atoms with E-state index in [2.05, 4.69) is 20.7 Å². The fourth-order valence-electron chi connectivity index (χ4n) is 4.83. The first-order chi connectivity index (χ1) is 14.0. The first-order valence-electron chi connectivity index (χ1n) is 9.87. The van der Waals surface area contributed by atoms with E-state index in [9.17, 15) is 13.2 Å². The van der Waals surface area contributed by atoms with Gasteiger partial charge in [-0.1, -0.05) is 36.4 Å². The van der Waals surface area contributed by atoms with Crippen LogP contribution in [-0.2, 0) is 6.18 Å². The fourth-order valence-corrected chi connectivity index (χ4v) is 4.83. The lowest BCUT2D eigenvalue weighted by atomic mass is 9.98. The second kappa shape index (κ2) is 6.90. The Morgan fingerprint density at radius 3 is 2.55 bits per heavy atom. The van der Waals surface area contributed by atoms with E-state index in [1.165, 1.54) is 6.07 Å². The van der Waals surface area contributed by atoms with Gasteiger partial charge in [-0.05, 0) is 30.9 Å². The maximum absolute atomic E-state index is 13.0. The van der Waals surface area contributed by atoms with Gasteiger partial charge in [-0.15, -0.1) is 0 Å². The van der Waals surface area contributed by atoms with Gasteiger partial charge in [0, 0.05) is 36.8 Å². The van der Waals surface area contributed by atoms with E-state index in [0.29, 0.717) is 23.7 Å². The van der Waals surface area contributed by atoms with Crippen LogP contribution in [0.25, 0.3) is 11.3 Å². The highest BCUT2D eigenvalue weighted by molar-refractivity contribution is 5.57. The van der Waals surface area contributed by atoms with Gasteiger partial charge >= 0.3 is 6.18 Å². The second-order valence-corrected chi connectivity index (χ2v) is 7.92. The zero-order chi connectivity index (χ0) is 20.0. The molecule has 2 aliphatic rings. The molecule has 4 nitrogen and oxygen atoms in total. The lowest BCUT2D eigenvalue weighted by Crippen LogP contribution is -2.25. The van der Waals surface area contributed by atoms with Crippen LogP contribution in [0, 0.1) is 11.8 Å². The normalized spacial score (nSPS) is 24.1. The van der Waals surface area contributed by atoms with E-state index in [4.69, 9.17) is 0 Å². The van der Waals surface area contributed by atoms with Crippen LogP contribution in [0.2, 0.25) is 0 Å². The molecule has 1 saturated heterocycles. The molecule has 7 heteroatoms. The summed E-state index contributed by atoms with van der Waals surface area (Å²) in [6.45, 7) is 1.48. The van der Waals surface area contributed by atoms with Gasteiger partial charge < -0.3 is 9.47 Å². The largest absolute Gasteiger partial charge is 0.433 e. The number of benzene rings is 1. The van der Waals surface area contributed by atoms with Crippen LogP contribution in [0.1, 0.15) is 24.6 Å². The molecule has 0 amide bonds. The van der Waals surface area contributed by atoms with E-state index in [0.717, 1.165) is 43.3 Å². The molecule has 0 N–H and O–H groups in total. The Labute approximate surface area is 167 Å². The summed E-state index contributed by atoms with van der Waals surface area (Å²) in [6.07, 6.45) is 1.71. The number of imidazole rings is 1. The van der Waals surface area contributed by atoms with Crippen molar-refractivity contribution in [2.45, 2.75) is 25.1 Å². The maximum Gasteiger partial charge on any atom is 0.433 e. The molecule has 29 heavy (non-hydrogen) atoms. The fraction of sp³-hybridized carbons (Fsp3) is 0.364. The predicted molar refractivity (Wildman–Crippen MR) is 104 cm³/mol. The third-order valence-corrected chi connectivity index (χ3v) is 6.22. The van der Waals surface area contributed by atoms with E-state index >= 15 is 0 Å². The summed E-state index contributed by atoms with van der Waals surface area (Å²) in [4.78, 5) is 10.5. The molecule has 0 radical (unpaired) electrons. The number of halogens is 3. The van der Waals surface area contributed by atoms with E-state index in [1.807, 2.05) is 41.6 Å². The van der Waals surface area contributed by atoms with Crippen LogP contribution in [-0.4, -0.2) is 27.6 Å². The van der Waals surface area contributed by atoms with Gasteiger partial charge in [0.25, 0.3) is 0 Å². The third kappa shape index (κ3) is 3.39. The quantitative estimate of drug-likeness (QED) is 0.619. The number of rotatable bonds is 3. The van der Waals surface area contributed by atoms with Gasteiger partial charge in [-0.25, -0.2) is 9.97 Å². The van der Waals surface area contributed by atoms with E-state index in [-0.39, 0.29) is 0 Å². The SMILES string of the molecule is FC(F)(F)c1cccc(N2C[C@H]3CC[C@H](n4cnc(-c5ccccc5)c4)[C@H]3C2)n1. The number of alkyl halides is 3. The zero-order valence-electron chi connectivity index (χ0n) is 15.8. The number of anilines is 1. The highest BCUT2D eigenvalue weighted by Gasteiger charge is 2.44. The topological polar surface area (TPSA) is 34.0 Å². The van der Waals surface area contributed by atoms with Crippen molar-refractivity contribution in [3.63, 3.8) is 0 Å². The summed E-state index contributed by atoms with van der Waals surface area (Å²) in [7, 11) is 0. The minimum Gasteiger partial charge on any atom is -0.356 e. The Morgan fingerprint density at radius 1 is 0.931 bits per heavy atom. The number of hydrogen-bond acceptors (Lipinski definition) is 3. The van der Waals surface area contributed by atoms with Crippen molar-refractivity contribution in [3.8, 4) is 11.3 Å². The Hall–Kier alpha value is -2.83. The molecule has 0 unspecified atom stereocenters. The molecule has 0 bridgehead atoms. The Morgan fingerprint density at radius 2 is 1.76 bits per heavy atom. The minimum absolute atomic E-state index is 0.320. The molecule has 5 rings (SSSR count). The van der Waals surface area contributed by atoms with Crippen molar-refractivity contribution < 1.29 is 13.2 Å². The lowest BCUT2D eigenvalue weighted by Gasteiger charge is -2.23. The van der Waals surface area contributed by atoms with Crippen molar-refractivity contribution in [1.29, 1.82) is 0 Å². The molecule has 1 saturated carbocycles. The first-order valence-corrected chi connectivity index (χ1v) is 9.87. The van der Waals surface area contributed by atoms with Crippen molar-refractivity contribution >= 4 is 5.82 Å². The summed E-state index contributed by atoms with van der Waals surface area (Å²) in [6, 6.07) is 14.5. The second-order valence-electron chi connectivity index (χ2n) is 7.92. The Bertz CT molecular complexity index is 999. The van der Waals surface area contributed by atoms with Gasteiger partial charge in [0.2, 0.25) is 0 Å². The smallest absolute Gasteiger partial charge is 0.356 e. The van der Waals surface area contributed by atoms with Crippen molar-refractivity contribution in [3.05, 3.63) is 66.7 Å². The van der Waals surface area contributed by atoms with Crippen LogP contribution >= 0.6 is 0 Å². The molecule has 2 fully saturated rings. The predicted octanol–water partition coefficient (Wildman–Crippen LogP) is 5.05. The average molecular weight is 398 g/mol. The number of hydrogen-bond donors (Lipinski definition) is 0. The summed E-state index contributed by atoms with van der Waals surface area (Å²) < 4.78 is 41.3. The van der Waals surface area contributed by atoms with Gasteiger partial charge in [0.1, 0.15) is 11.5 Å². The molecule has 0 spiro atoms. The van der Waals surface area contributed by atoms with E-state index < -0.39 is 11.9 Å². The third-order valence-electron chi connectivity index (χ3n) is 6.22. The minimum atomic E-state index is -4.42. The first kappa shape index (κ1) is 18.2. The summed E-state index contributed by atoms with van der Waals surface area (Å²) in [5.74, 6) is 1.28. The van der Waals surface area contributed by atoms with Gasteiger partial charge in [0.05, 0.1) is 12.0 Å². The molecule has 1 aliphatic carbocycles. The summed E-state index contributed by atoms with van der Waals surface area (Å²) in [5, 5.41) is 0. The monoisotopic (exact) mass is 398 g/mol. The number of fused-ring (bicyclic) bond motifs is 1. The number of nitrogens with zero attached hydrogens (tertiary/aromatic N) is 4. The molecule has 1 aromatic carbocycles. The van der Waals surface area contributed by atoms with Gasteiger partial charge in [-0.2, -0.15) is 13.2 Å². The Kier molecular flexibility index (Phi) is 4.33. The summed E-state index contributed by atoms with van der Waals surface area (Å²) in [5.41, 5.74) is 1.20. The molecule has 3 heterocycles. The van der Waals surface area contributed by atoms with Crippen LogP contribution < -0.4 is 4.90 Å². The highest BCUT2D eigenvalue weighted by atomic mass is 19.4. The van der Waals surface area contributed by atoms with Crippen molar-refractivity contribution in [1.82, 2.24) is 14.5 Å². The maximum atomic E-state index is 13.0. The standard InChI is InChI=1S/C22H21F3N4/c23-22(24,25)20-7-4-8-21(27-20)28-11-16-9-10-19(17(16)12-28)29-13-18(26-14-29)15-5-2-1-3-6-15/h1-8,13-14,16-17,19H,9-12H2/t16-,17+,19+/m1/s1. The van der Waals surface area contributed by atoms with Crippen LogP contribution in [0.3, 0.4) is 0 Å². The van der Waals surface area contributed by atoms with Crippen LogP contribution in [0.15, 0.2) is 61.1 Å². The van der Waals surface area contributed by atoms with Gasteiger partial charge in [-0.3, -0.25) is 0 Å². The highest BCUT2D eigenvalue weighted by Crippen LogP contribution is 2.46. The molecule has 1 aliphatic heterocycles. The van der Waals surface area contributed by atoms with Crippen LogP contribution in [0.5, 0.6) is 0 Å². The number of pyridine rings is 1. The Balaban J connectivity index is 1.35. The van der Waals surface area contributed by atoms with Crippen LogP contribution in [0.4, 0.5) is 19.0 Å². The molecule has 150 valence electrons. The zero-order valence-corrected chi connectivity index (χ0v) is 15.8. The number of aromatic nitrogens is 3. The molecule has 3 aromatic rings. The average Bonchev–Trinajstić information content (AvgIpc) is 3.43. The summed E-state index contributed by atoms with van der Waals surface area (Å²) >= 11 is 0. The van der Waals surface area contributed by atoms with Gasteiger partial charge in [0.15, 0.2) is 0 Å². The molecule has 3 atom stereocenters. The molecule has 2 aromatic heterocycles.